The number of hydrogen-bond donors (Lipinski definition) is 1. The van der Waals surface area contributed by atoms with E-state index >= 15 is 0 Å². The van der Waals surface area contributed by atoms with Gasteiger partial charge in [-0.1, -0.05) is 18.2 Å². The van der Waals surface area contributed by atoms with E-state index in [-0.39, 0.29) is 5.60 Å². The van der Waals surface area contributed by atoms with Crippen molar-refractivity contribution in [1.29, 1.82) is 0 Å². The second-order valence-electron chi connectivity index (χ2n) is 5.95. The number of methoxy groups -OCH3 is 2. The predicted octanol–water partition coefficient (Wildman–Crippen LogP) is 2.96. The van der Waals surface area contributed by atoms with Gasteiger partial charge in [0.15, 0.2) is 0 Å². The van der Waals surface area contributed by atoms with Gasteiger partial charge in [-0.2, -0.15) is 0 Å². The van der Waals surface area contributed by atoms with Crippen LogP contribution in [0.2, 0.25) is 0 Å². The Balaban J connectivity index is 1.83. The molecule has 0 amide bonds. The highest BCUT2D eigenvalue weighted by atomic mass is 16.5. The maximum absolute atomic E-state index is 5.43. The summed E-state index contributed by atoms with van der Waals surface area (Å²) >= 11 is 0. The minimum Gasteiger partial charge on any atom is -0.496 e. The third kappa shape index (κ3) is 3.48. The third-order valence-corrected chi connectivity index (χ3v) is 4.09. The van der Waals surface area contributed by atoms with E-state index in [4.69, 9.17) is 9.47 Å². The van der Waals surface area contributed by atoms with E-state index in [0.717, 1.165) is 12.3 Å². The Labute approximate surface area is 116 Å². The number of para-hydroxylation sites is 1. The molecule has 0 aromatic heterocycles. The van der Waals surface area contributed by atoms with Crippen molar-refractivity contribution in [2.24, 2.45) is 0 Å². The van der Waals surface area contributed by atoms with Gasteiger partial charge in [-0.3, -0.25) is 0 Å². The Morgan fingerprint density at radius 1 is 1.21 bits per heavy atom. The number of hydrogen-bond acceptors (Lipinski definition) is 3. The van der Waals surface area contributed by atoms with Crippen LogP contribution in [-0.4, -0.2) is 32.4 Å². The molecule has 19 heavy (non-hydrogen) atoms. The predicted molar refractivity (Wildman–Crippen MR) is 77.8 cm³/mol. The first-order valence-corrected chi connectivity index (χ1v) is 6.97. The zero-order chi connectivity index (χ0) is 13.9. The Morgan fingerprint density at radius 3 is 2.53 bits per heavy atom. The average Bonchev–Trinajstić information content (AvgIpc) is 2.37. The van der Waals surface area contributed by atoms with Crippen LogP contribution in [0.25, 0.3) is 0 Å². The van der Waals surface area contributed by atoms with Crippen molar-refractivity contribution >= 4 is 0 Å². The van der Waals surface area contributed by atoms with E-state index in [1.165, 1.54) is 18.4 Å². The molecule has 2 rings (SSSR count). The molecule has 0 aliphatic heterocycles. The molecule has 0 heterocycles. The molecule has 1 aliphatic rings. The number of rotatable bonds is 6. The molecule has 0 radical (unpaired) electrons. The summed E-state index contributed by atoms with van der Waals surface area (Å²) in [5.41, 5.74) is 1.25. The molecule has 1 N–H and O–H groups in total. The molecule has 1 fully saturated rings. The minimum atomic E-state index is -0.0878. The number of ether oxygens (including phenoxy) is 2. The molecule has 3 nitrogen and oxygen atoms in total. The van der Waals surface area contributed by atoms with Crippen LogP contribution in [0.1, 0.15) is 38.2 Å². The zero-order valence-corrected chi connectivity index (χ0v) is 12.4. The second-order valence-corrected chi connectivity index (χ2v) is 5.95. The van der Waals surface area contributed by atoms with E-state index in [2.05, 4.69) is 31.3 Å². The number of nitrogens with one attached hydrogen (secondary N) is 1. The maximum atomic E-state index is 5.43. The first-order chi connectivity index (χ1) is 9.05. The lowest BCUT2D eigenvalue weighted by Crippen LogP contribution is -2.46. The van der Waals surface area contributed by atoms with Crippen LogP contribution in [0.3, 0.4) is 0 Å². The van der Waals surface area contributed by atoms with E-state index < -0.39 is 0 Å². The Hall–Kier alpha value is -1.06. The van der Waals surface area contributed by atoms with Crippen molar-refractivity contribution in [3.05, 3.63) is 29.8 Å². The van der Waals surface area contributed by atoms with Crippen molar-refractivity contribution in [1.82, 2.24) is 5.32 Å². The van der Waals surface area contributed by atoms with Gasteiger partial charge in [0.1, 0.15) is 5.75 Å². The van der Waals surface area contributed by atoms with Crippen molar-refractivity contribution in [2.75, 3.05) is 20.8 Å². The standard InChI is InChI=1S/C16H25NO2/c1-16(2,19-4)11-17-13-9-12(10-13)14-7-5-6-8-15(14)18-3/h5-8,12-13,17H,9-11H2,1-4H3. The van der Waals surface area contributed by atoms with E-state index in [1.54, 1.807) is 14.2 Å². The van der Waals surface area contributed by atoms with Crippen LogP contribution in [-0.2, 0) is 4.74 Å². The summed E-state index contributed by atoms with van der Waals surface area (Å²) < 4.78 is 10.9. The highest BCUT2D eigenvalue weighted by Gasteiger charge is 2.32. The third-order valence-electron chi connectivity index (χ3n) is 4.09. The van der Waals surface area contributed by atoms with Gasteiger partial charge in [-0.15, -0.1) is 0 Å². The lowest BCUT2D eigenvalue weighted by Gasteiger charge is -2.38. The quantitative estimate of drug-likeness (QED) is 0.856. The van der Waals surface area contributed by atoms with E-state index in [0.29, 0.717) is 12.0 Å². The molecule has 0 saturated heterocycles. The van der Waals surface area contributed by atoms with Crippen LogP contribution >= 0.6 is 0 Å². The van der Waals surface area contributed by atoms with Crippen molar-refractivity contribution < 1.29 is 9.47 Å². The molecule has 3 heteroatoms. The van der Waals surface area contributed by atoms with Gasteiger partial charge in [0.25, 0.3) is 0 Å². The zero-order valence-electron chi connectivity index (χ0n) is 12.4. The summed E-state index contributed by atoms with van der Waals surface area (Å²) in [4.78, 5) is 0. The van der Waals surface area contributed by atoms with E-state index in [9.17, 15) is 0 Å². The summed E-state index contributed by atoms with van der Waals surface area (Å²) in [5, 5.41) is 3.58. The summed E-state index contributed by atoms with van der Waals surface area (Å²) in [6.07, 6.45) is 2.36. The Bertz CT molecular complexity index is 411. The molecule has 0 spiro atoms. The molecule has 1 aromatic rings. The van der Waals surface area contributed by atoms with Crippen LogP contribution in [0, 0.1) is 0 Å². The van der Waals surface area contributed by atoms with Gasteiger partial charge in [0.05, 0.1) is 12.7 Å². The van der Waals surface area contributed by atoms with Crippen molar-refractivity contribution in [3.8, 4) is 5.75 Å². The van der Waals surface area contributed by atoms with Crippen LogP contribution in [0.5, 0.6) is 5.75 Å². The topological polar surface area (TPSA) is 30.5 Å². The lowest BCUT2D eigenvalue weighted by molar-refractivity contribution is 0.0179. The molecular weight excluding hydrogens is 238 g/mol. The monoisotopic (exact) mass is 263 g/mol. The largest absolute Gasteiger partial charge is 0.496 e. The molecule has 1 aliphatic carbocycles. The first kappa shape index (κ1) is 14.4. The summed E-state index contributed by atoms with van der Waals surface area (Å²) in [7, 11) is 3.51. The summed E-state index contributed by atoms with van der Waals surface area (Å²) in [6.45, 7) is 5.11. The minimum absolute atomic E-state index is 0.0878. The smallest absolute Gasteiger partial charge is 0.122 e. The summed E-state index contributed by atoms with van der Waals surface area (Å²) in [6, 6.07) is 8.94. The first-order valence-electron chi connectivity index (χ1n) is 6.97. The molecule has 1 aromatic carbocycles. The van der Waals surface area contributed by atoms with Gasteiger partial charge < -0.3 is 14.8 Å². The fourth-order valence-electron chi connectivity index (χ4n) is 2.50. The fourth-order valence-corrected chi connectivity index (χ4v) is 2.50. The SMILES string of the molecule is COc1ccccc1C1CC(NCC(C)(C)OC)C1. The van der Waals surface area contributed by atoms with Gasteiger partial charge in [0.2, 0.25) is 0 Å². The van der Waals surface area contributed by atoms with Gasteiger partial charge in [0, 0.05) is 19.7 Å². The van der Waals surface area contributed by atoms with Crippen LogP contribution < -0.4 is 10.1 Å². The Morgan fingerprint density at radius 2 is 1.89 bits per heavy atom. The lowest BCUT2D eigenvalue weighted by atomic mass is 9.75. The fraction of sp³-hybridized carbons (Fsp3) is 0.625. The van der Waals surface area contributed by atoms with E-state index in [1.807, 2.05) is 12.1 Å². The van der Waals surface area contributed by atoms with Gasteiger partial charge >= 0.3 is 0 Å². The molecular formula is C16H25NO2. The maximum Gasteiger partial charge on any atom is 0.122 e. The second kappa shape index (κ2) is 5.93. The van der Waals surface area contributed by atoms with Crippen LogP contribution in [0.15, 0.2) is 24.3 Å². The Kier molecular flexibility index (Phi) is 4.48. The summed E-state index contributed by atoms with van der Waals surface area (Å²) in [5.74, 6) is 1.64. The van der Waals surface area contributed by atoms with Crippen molar-refractivity contribution in [2.45, 2.75) is 44.2 Å². The number of benzene rings is 1. The molecule has 0 atom stereocenters. The average molecular weight is 263 g/mol. The molecule has 0 unspecified atom stereocenters. The molecule has 0 bridgehead atoms. The molecule has 1 saturated carbocycles. The van der Waals surface area contributed by atoms with Gasteiger partial charge in [-0.05, 0) is 44.2 Å². The highest BCUT2D eigenvalue weighted by molar-refractivity contribution is 5.37. The van der Waals surface area contributed by atoms with Gasteiger partial charge in [-0.25, -0.2) is 0 Å². The molecule has 106 valence electrons. The van der Waals surface area contributed by atoms with Crippen molar-refractivity contribution in [3.63, 3.8) is 0 Å². The van der Waals surface area contributed by atoms with Crippen LogP contribution in [0.4, 0.5) is 0 Å². The normalized spacial score (nSPS) is 22.9. The highest BCUT2D eigenvalue weighted by Crippen LogP contribution is 2.40.